The first kappa shape index (κ1) is 16.8. The molecule has 0 radical (unpaired) electrons. The van der Waals surface area contributed by atoms with Crippen LogP contribution >= 0.6 is 39.3 Å². The van der Waals surface area contributed by atoms with Crippen molar-refractivity contribution in [2.24, 2.45) is 7.05 Å². The van der Waals surface area contributed by atoms with Gasteiger partial charge in [-0.15, -0.1) is 16.9 Å². The van der Waals surface area contributed by atoms with E-state index in [2.05, 4.69) is 38.5 Å². The molecule has 7 heteroatoms. The summed E-state index contributed by atoms with van der Waals surface area (Å²) in [5.74, 6) is 0.865. The number of rotatable bonds is 7. The fourth-order valence-corrected chi connectivity index (χ4v) is 3.90. The normalized spacial score (nSPS) is 12.6. The number of nitrogens with zero attached hydrogens (tertiary/aromatic N) is 3. The Hall–Kier alpha value is -0.560. The largest absolute Gasteiger partial charge is 0.308 e. The number of aromatic nitrogens is 3. The van der Waals surface area contributed by atoms with Crippen molar-refractivity contribution in [1.29, 1.82) is 0 Å². The molecule has 0 aliphatic rings. The number of hydrogen-bond acceptors (Lipinski definition) is 4. The van der Waals surface area contributed by atoms with Gasteiger partial charge >= 0.3 is 0 Å². The summed E-state index contributed by atoms with van der Waals surface area (Å²) in [6, 6.07) is 8.08. The first-order chi connectivity index (χ1) is 10.1. The molecule has 114 valence electrons. The Morgan fingerprint density at radius 2 is 2.19 bits per heavy atom. The van der Waals surface area contributed by atoms with Gasteiger partial charge < -0.3 is 5.32 Å². The SMILES string of the molecule is CCCNC(CSc1ccccc1Cl)c1c(Br)nnn1C. The predicted molar refractivity (Wildman–Crippen MR) is 91.9 cm³/mol. The Morgan fingerprint density at radius 1 is 1.43 bits per heavy atom. The summed E-state index contributed by atoms with van der Waals surface area (Å²) >= 11 is 11.4. The molecule has 21 heavy (non-hydrogen) atoms. The van der Waals surface area contributed by atoms with Crippen molar-refractivity contribution in [3.8, 4) is 0 Å². The lowest BCUT2D eigenvalue weighted by Crippen LogP contribution is -2.26. The summed E-state index contributed by atoms with van der Waals surface area (Å²) < 4.78 is 2.60. The molecule has 0 saturated heterocycles. The Balaban J connectivity index is 2.12. The zero-order chi connectivity index (χ0) is 15.2. The predicted octanol–water partition coefficient (Wildman–Crippen LogP) is 4.06. The van der Waals surface area contributed by atoms with Crippen molar-refractivity contribution in [1.82, 2.24) is 20.3 Å². The lowest BCUT2D eigenvalue weighted by molar-refractivity contribution is 0.531. The summed E-state index contributed by atoms with van der Waals surface area (Å²) in [6.45, 7) is 3.10. The quantitative estimate of drug-likeness (QED) is 0.725. The van der Waals surface area contributed by atoms with E-state index in [9.17, 15) is 0 Å². The highest BCUT2D eigenvalue weighted by Crippen LogP contribution is 2.31. The standard InChI is InChI=1S/C14H18BrClN4S/c1-3-8-17-11(13-14(15)18-19-20(13)2)9-21-12-7-5-4-6-10(12)16/h4-7,11,17H,3,8-9H2,1-2H3. The molecule has 0 spiro atoms. The second kappa shape index (κ2) is 8.17. The molecule has 1 aromatic carbocycles. The van der Waals surface area contributed by atoms with Crippen LogP contribution < -0.4 is 5.32 Å². The monoisotopic (exact) mass is 388 g/mol. The highest BCUT2D eigenvalue weighted by atomic mass is 79.9. The second-order valence-electron chi connectivity index (χ2n) is 4.64. The molecular formula is C14H18BrClN4S. The Morgan fingerprint density at radius 3 is 2.81 bits per heavy atom. The second-order valence-corrected chi connectivity index (χ2v) is 6.86. The summed E-state index contributed by atoms with van der Waals surface area (Å²) in [7, 11) is 1.91. The third kappa shape index (κ3) is 4.45. The van der Waals surface area contributed by atoms with Gasteiger partial charge in [0.05, 0.1) is 16.8 Å². The van der Waals surface area contributed by atoms with Gasteiger partial charge in [-0.25, -0.2) is 4.68 Å². The van der Waals surface area contributed by atoms with E-state index in [1.165, 1.54) is 0 Å². The van der Waals surface area contributed by atoms with Crippen molar-refractivity contribution in [3.05, 3.63) is 39.6 Å². The summed E-state index contributed by atoms with van der Waals surface area (Å²) in [6.07, 6.45) is 1.08. The van der Waals surface area contributed by atoms with Crippen molar-refractivity contribution < 1.29 is 0 Å². The molecule has 0 aliphatic heterocycles. The summed E-state index contributed by atoms with van der Waals surface area (Å²) in [5, 5.41) is 12.5. The van der Waals surface area contributed by atoms with E-state index >= 15 is 0 Å². The molecule has 0 fully saturated rings. The Labute approximate surface area is 142 Å². The zero-order valence-corrected chi connectivity index (χ0v) is 15.2. The fourth-order valence-electron chi connectivity index (χ4n) is 2.00. The van der Waals surface area contributed by atoms with Gasteiger partial charge in [-0.05, 0) is 41.0 Å². The van der Waals surface area contributed by atoms with Crippen LogP contribution in [-0.2, 0) is 7.05 Å². The van der Waals surface area contributed by atoms with Crippen LogP contribution in [-0.4, -0.2) is 27.3 Å². The van der Waals surface area contributed by atoms with Crippen LogP contribution in [0.25, 0.3) is 0 Å². The number of hydrogen-bond donors (Lipinski definition) is 1. The number of benzene rings is 1. The smallest absolute Gasteiger partial charge is 0.153 e. The van der Waals surface area contributed by atoms with E-state index in [0.29, 0.717) is 0 Å². The molecule has 1 aromatic heterocycles. The number of nitrogens with one attached hydrogen (secondary N) is 1. The maximum absolute atomic E-state index is 6.22. The third-order valence-electron chi connectivity index (χ3n) is 3.04. The Kier molecular flexibility index (Phi) is 6.54. The molecule has 4 nitrogen and oxygen atoms in total. The molecule has 1 atom stereocenters. The molecule has 1 N–H and O–H groups in total. The minimum atomic E-state index is 0.167. The molecule has 0 saturated carbocycles. The molecule has 0 amide bonds. The maximum Gasteiger partial charge on any atom is 0.153 e. The van der Waals surface area contributed by atoms with E-state index in [0.717, 1.165) is 38.9 Å². The fraction of sp³-hybridized carbons (Fsp3) is 0.429. The highest BCUT2D eigenvalue weighted by Gasteiger charge is 2.20. The van der Waals surface area contributed by atoms with Gasteiger partial charge in [0.1, 0.15) is 0 Å². The van der Waals surface area contributed by atoms with Crippen molar-refractivity contribution in [2.75, 3.05) is 12.3 Å². The van der Waals surface area contributed by atoms with Crippen LogP contribution in [0.4, 0.5) is 0 Å². The maximum atomic E-state index is 6.22. The van der Waals surface area contributed by atoms with Gasteiger partial charge in [0, 0.05) is 17.7 Å². The first-order valence-corrected chi connectivity index (χ1v) is 8.95. The van der Waals surface area contributed by atoms with Crippen LogP contribution in [0.3, 0.4) is 0 Å². The van der Waals surface area contributed by atoms with Crippen LogP contribution in [0.1, 0.15) is 25.1 Å². The highest BCUT2D eigenvalue weighted by molar-refractivity contribution is 9.10. The average molecular weight is 390 g/mol. The summed E-state index contributed by atoms with van der Waals surface area (Å²) in [4.78, 5) is 1.09. The molecule has 1 unspecified atom stereocenters. The Bertz CT molecular complexity index is 571. The van der Waals surface area contributed by atoms with Crippen molar-refractivity contribution >= 4 is 39.3 Å². The van der Waals surface area contributed by atoms with E-state index in [4.69, 9.17) is 11.6 Å². The van der Waals surface area contributed by atoms with Crippen LogP contribution in [0.2, 0.25) is 5.02 Å². The molecule has 0 aliphatic carbocycles. The van der Waals surface area contributed by atoms with Crippen LogP contribution in [0.15, 0.2) is 33.8 Å². The van der Waals surface area contributed by atoms with E-state index < -0.39 is 0 Å². The average Bonchev–Trinajstić information content (AvgIpc) is 2.81. The van der Waals surface area contributed by atoms with Crippen molar-refractivity contribution in [2.45, 2.75) is 24.3 Å². The zero-order valence-electron chi connectivity index (χ0n) is 12.0. The van der Waals surface area contributed by atoms with Crippen molar-refractivity contribution in [3.63, 3.8) is 0 Å². The molecule has 2 rings (SSSR count). The molecular weight excluding hydrogens is 372 g/mol. The van der Waals surface area contributed by atoms with E-state index in [-0.39, 0.29) is 6.04 Å². The molecule has 0 bridgehead atoms. The lowest BCUT2D eigenvalue weighted by atomic mass is 10.2. The van der Waals surface area contributed by atoms with E-state index in [1.807, 2.05) is 36.0 Å². The molecule has 1 heterocycles. The molecule has 2 aromatic rings. The van der Waals surface area contributed by atoms with Crippen LogP contribution in [0.5, 0.6) is 0 Å². The van der Waals surface area contributed by atoms with Gasteiger partial charge in [0.15, 0.2) is 4.60 Å². The topological polar surface area (TPSA) is 42.7 Å². The van der Waals surface area contributed by atoms with Gasteiger partial charge in [-0.2, -0.15) is 0 Å². The number of halogens is 2. The van der Waals surface area contributed by atoms with Gasteiger partial charge in [-0.1, -0.05) is 35.9 Å². The minimum Gasteiger partial charge on any atom is -0.308 e. The minimum absolute atomic E-state index is 0.167. The number of aryl methyl sites for hydroxylation is 1. The van der Waals surface area contributed by atoms with Crippen LogP contribution in [0, 0.1) is 0 Å². The van der Waals surface area contributed by atoms with Gasteiger partial charge in [0.2, 0.25) is 0 Å². The lowest BCUT2D eigenvalue weighted by Gasteiger charge is -2.18. The van der Waals surface area contributed by atoms with E-state index in [1.54, 1.807) is 11.8 Å². The summed E-state index contributed by atoms with van der Waals surface area (Å²) in [5.41, 5.74) is 1.06. The third-order valence-corrected chi connectivity index (χ3v) is 5.21. The number of thioether (sulfide) groups is 1. The first-order valence-electron chi connectivity index (χ1n) is 6.79. The van der Waals surface area contributed by atoms with Gasteiger partial charge in [-0.3, -0.25) is 0 Å². The van der Waals surface area contributed by atoms with Gasteiger partial charge in [0.25, 0.3) is 0 Å².